The SMILES string of the molecule is O=C(C1=COCCO1)N1CCC(Cc2ccccc2)CC1. The van der Waals surface area contributed by atoms with Gasteiger partial charge in [-0.15, -0.1) is 0 Å². The highest BCUT2D eigenvalue weighted by atomic mass is 16.6. The van der Waals surface area contributed by atoms with Crippen LogP contribution in [0.15, 0.2) is 42.4 Å². The van der Waals surface area contributed by atoms with Gasteiger partial charge in [-0.05, 0) is 30.7 Å². The number of carbonyl (C=O) groups is 1. The number of likely N-dealkylation sites (tertiary alicyclic amines) is 1. The molecule has 1 amide bonds. The summed E-state index contributed by atoms with van der Waals surface area (Å²) in [6.45, 7) is 2.59. The van der Waals surface area contributed by atoms with E-state index < -0.39 is 0 Å². The third-order valence-corrected chi connectivity index (χ3v) is 4.13. The minimum absolute atomic E-state index is 0.0344. The first-order valence-corrected chi connectivity index (χ1v) is 7.61. The van der Waals surface area contributed by atoms with E-state index >= 15 is 0 Å². The van der Waals surface area contributed by atoms with Crippen LogP contribution in [0.25, 0.3) is 0 Å². The summed E-state index contributed by atoms with van der Waals surface area (Å²) in [5.74, 6) is 0.976. The maximum Gasteiger partial charge on any atom is 0.292 e. The van der Waals surface area contributed by atoms with Crippen LogP contribution < -0.4 is 0 Å². The van der Waals surface area contributed by atoms with Gasteiger partial charge in [0.05, 0.1) is 0 Å². The minimum atomic E-state index is -0.0344. The van der Waals surface area contributed by atoms with Gasteiger partial charge >= 0.3 is 0 Å². The molecule has 0 saturated carbocycles. The van der Waals surface area contributed by atoms with Crippen LogP contribution >= 0.6 is 0 Å². The second-order valence-electron chi connectivity index (χ2n) is 5.63. The largest absolute Gasteiger partial charge is 0.494 e. The number of amides is 1. The van der Waals surface area contributed by atoms with Gasteiger partial charge in [-0.25, -0.2) is 0 Å². The molecule has 1 aromatic carbocycles. The molecule has 112 valence electrons. The second-order valence-corrected chi connectivity index (χ2v) is 5.63. The quantitative estimate of drug-likeness (QED) is 0.856. The lowest BCUT2D eigenvalue weighted by atomic mass is 9.90. The van der Waals surface area contributed by atoms with Crippen LogP contribution in [0.1, 0.15) is 18.4 Å². The van der Waals surface area contributed by atoms with E-state index in [0.29, 0.717) is 24.9 Å². The Morgan fingerprint density at radius 2 is 1.90 bits per heavy atom. The fourth-order valence-electron chi connectivity index (χ4n) is 2.92. The predicted octanol–water partition coefficient (Wildman–Crippen LogP) is 2.36. The maximum absolute atomic E-state index is 12.3. The molecular formula is C17H21NO3. The van der Waals surface area contributed by atoms with Crippen LogP contribution in [-0.2, 0) is 20.7 Å². The maximum atomic E-state index is 12.3. The molecule has 0 aromatic heterocycles. The predicted molar refractivity (Wildman–Crippen MR) is 79.4 cm³/mol. The molecule has 2 aliphatic rings. The highest BCUT2D eigenvalue weighted by Crippen LogP contribution is 2.23. The molecule has 2 heterocycles. The molecule has 4 heteroatoms. The van der Waals surface area contributed by atoms with Crippen molar-refractivity contribution in [2.45, 2.75) is 19.3 Å². The number of benzene rings is 1. The van der Waals surface area contributed by atoms with E-state index in [9.17, 15) is 4.79 Å². The minimum Gasteiger partial charge on any atom is -0.494 e. The first kappa shape index (κ1) is 14.0. The van der Waals surface area contributed by atoms with Crippen LogP contribution in [0, 0.1) is 5.92 Å². The Morgan fingerprint density at radius 1 is 1.14 bits per heavy atom. The van der Waals surface area contributed by atoms with Crippen molar-refractivity contribution in [3.8, 4) is 0 Å². The third kappa shape index (κ3) is 3.57. The van der Waals surface area contributed by atoms with Crippen molar-refractivity contribution in [1.29, 1.82) is 0 Å². The Hall–Kier alpha value is -1.97. The molecule has 0 bridgehead atoms. The molecule has 1 fully saturated rings. The van der Waals surface area contributed by atoms with Crippen LogP contribution in [0.2, 0.25) is 0 Å². The molecule has 2 aliphatic heterocycles. The molecule has 0 atom stereocenters. The van der Waals surface area contributed by atoms with Gasteiger partial charge < -0.3 is 14.4 Å². The van der Waals surface area contributed by atoms with E-state index in [1.54, 1.807) is 0 Å². The highest BCUT2D eigenvalue weighted by Gasteiger charge is 2.26. The van der Waals surface area contributed by atoms with Crippen LogP contribution in [-0.4, -0.2) is 37.1 Å². The van der Waals surface area contributed by atoms with Gasteiger partial charge in [-0.3, -0.25) is 4.79 Å². The van der Waals surface area contributed by atoms with Crippen molar-refractivity contribution in [3.63, 3.8) is 0 Å². The summed E-state index contributed by atoms with van der Waals surface area (Å²) in [5, 5.41) is 0. The van der Waals surface area contributed by atoms with Gasteiger partial charge in [0, 0.05) is 13.1 Å². The van der Waals surface area contributed by atoms with Crippen LogP contribution in [0.3, 0.4) is 0 Å². The summed E-state index contributed by atoms with van der Waals surface area (Å²) in [7, 11) is 0. The van der Waals surface area contributed by atoms with Crippen molar-refractivity contribution < 1.29 is 14.3 Å². The first-order valence-electron chi connectivity index (χ1n) is 7.61. The van der Waals surface area contributed by atoms with Gasteiger partial charge in [-0.2, -0.15) is 0 Å². The number of nitrogens with zero attached hydrogens (tertiary/aromatic N) is 1. The average molecular weight is 287 g/mol. The lowest BCUT2D eigenvalue weighted by Crippen LogP contribution is -2.40. The van der Waals surface area contributed by atoms with E-state index in [-0.39, 0.29) is 5.91 Å². The fourth-order valence-corrected chi connectivity index (χ4v) is 2.92. The summed E-state index contributed by atoms with van der Waals surface area (Å²) in [6.07, 6.45) is 4.65. The molecule has 0 radical (unpaired) electrons. The molecule has 0 spiro atoms. The molecule has 0 unspecified atom stereocenters. The zero-order valence-electron chi connectivity index (χ0n) is 12.2. The van der Waals surface area contributed by atoms with Gasteiger partial charge in [0.15, 0.2) is 0 Å². The molecule has 0 aliphatic carbocycles. The monoisotopic (exact) mass is 287 g/mol. The van der Waals surface area contributed by atoms with Crippen molar-refractivity contribution >= 4 is 5.91 Å². The van der Waals surface area contributed by atoms with E-state index in [1.165, 1.54) is 11.8 Å². The number of hydrogen-bond donors (Lipinski definition) is 0. The van der Waals surface area contributed by atoms with Crippen molar-refractivity contribution in [2.75, 3.05) is 26.3 Å². The Bertz CT molecular complexity index is 504. The molecule has 1 saturated heterocycles. The molecule has 0 N–H and O–H groups in total. The standard InChI is InChI=1S/C17H21NO3/c19-17(16-13-20-10-11-21-16)18-8-6-15(7-9-18)12-14-4-2-1-3-5-14/h1-5,13,15H,6-12H2. The number of carbonyl (C=O) groups excluding carboxylic acids is 1. The third-order valence-electron chi connectivity index (χ3n) is 4.13. The number of ether oxygens (including phenoxy) is 2. The summed E-state index contributed by atoms with van der Waals surface area (Å²) >= 11 is 0. The zero-order chi connectivity index (χ0) is 14.5. The van der Waals surface area contributed by atoms with Crippen molar-refractivity contribution in [1.82, 2.24) is 4.90 Å². The van der Waals surface area contributed by atoms with Crippen LogP contribution in [0.4, 0.5) is 0 Å². The Kier molecular flexibility index (Phi) is 4.43. The molecule has 1 aromatic rings. The smallest absolute Gasteiger partial charge is 0.292 e. The zero-order valence-corrected chi connectivity index (χ0v) is 12.2. The van der Waals surface area contributed by atoms with E-state index in [2.05, 4.69) is 24.3 Å². The topological polar surface area (TPSA) is 38.8 Å². The Labute approximate surface area is 125 Å². The molecule has 3 rings (SSSR count). The van der Waals surface area contributed by atoms with E-state index in [0.717, 1.165) is 32.4 Å². The first-order chi connectivity index (χ1) is 10.3. The van der Waals surface area contributed by atoms with Gasteiger partial charge in [0.1, 0.15) is 19.5 Å². The average Bonchev–Trinajstić information content (AvgIpc) is 2.57. The van der Waals surface area contributed by atoms with Gasteiger partial charge in [-0.1, -0.05) is 30.3 Å². The van der Waals surface area contributed by atoms with Crippen molar-refractivity contribution in [2.24, 2.45) is 5.92 Å². The lowest BCUT2D eigenvalue weighted by molar-refractivity contribution is -0.133. The van der Waals surface area contributed by atoms with Crippen LogP contribution in [0.5, 0.6) is 0 Å². The number of hydrogen-bond acceptors (Lipinski definition) is 3. The second kappa shape index (κ2) is 6.66. The highest BCUT2D eigenvalue weighted by molar-refractivity contribution is 5.91. The summed E-state index contributed by atoms with van der Waals surface area (Å²) in [6, 6.07) is 10.6. The van der Waals surface area contributed by atoms with Gasteiger partial charge in [0.25, 0.3) is 5.91 Å². The molecular weight excluding hydrogens is 266 g/mol. The number of piperidine rings is 1. The number of rotatable bonds is 3. The van der Waals surface area contributed by atoms with E-state index in [4.69, 9.17) is 9.47 Å². The summed E-state index contributed by atoms with van der Waals surface area (Å²) in [5.41, 5.74) is 1.38. The summed E-state index contributed by atoms with van der Waals surface area (Å²) in [4.78, 5) is 14.1. The lowest BCUT2D eigenvalue weighted by Gasteiger charge is -2.32. The normalized spacial score (nSPS) is 19.4. The molecule has 4 nitrogen and oxygen atoms in total. The van der Waals surface area contributed by atoms with Gasteiger partial charge in [0.2, 0.25) is 5.76 Å². The fraction of sp³-hybridized carbons (Fsp3) is 0.471. The Balaban J connectivity index is 1.51. The Morgan fingerprint density at radius 3 is 2.57 bits per heavy atom. The molecule has 21 heavy (non-hydrogen) atoms. The van der Waals surface area contributed by atoms with Crippen molar-refractivity contribution in [3.05, 3.63) is 47.9 Å². The summed E-state index contributed by atoms with van der Waals surface area (Å²) < 4.78 is 10.5. The van der Waals surface area contributed by atoms with E-state index in [1.807, 2.05) is 11.0 Å².